The zero-order chi connectivity index (χ0) is 9.35. The third-order valence-corrected chi connectivity index (χ3v) is 2.48. The first-order chi connectivity index (χ1) is 5.40. The van der Waals surface area contributed by atoms with Crippen LogP contribution in [-0.4, -0.2) is 9.55 Å². The van der Waals surface area contributed by atoms with Crippen LogP contribution in [0.4, 0.5) is 0 Å². The van der Waals surface area contributed by atoms with Crippen LogP contribution in [0.1, 0.15) is 26.5 Å². The Morgan fingerprint density at radius 3 is 2.42 bits per heavy atom. The summed E-state index contributed by atoms with van der Waals surface area (Å²) in [6, 6.07) is 0. The van der Waals surface area contributed by atoms with E-state index in [0.29, 0.717) is 5.41 Å². The van der Waals surface area contributed by atoms with E-state index >= 15 is 0 Å². The van der Waals surface area contributed by atoms with Gasteiger partial charge in [0.05, 0.1) is 0 Å². The summed E-state index contributed by atoms with van der Waals surface area (Å²) in [4.78, 5) is 4.18. The van der Waals surface area contributed by atoms with Crippen molar-refractivity contribution in [3.05, 3.63) is 16.6 Å². The molecule has 0 bridgehead atoms. The second-order valence-corrected chi connectivity index (χ2v) is 5.02. The number of aromatic nitrogens is 2. The Morgan fingerprint density at radius 1 is 1.50 bits per heavy atom. The van der Waals surface area contributed by atoms with Crippen molar-refractivity contribution in [3.63, 3.8) is 0 Å². The van der Waals surface area contributed by atoms with Crippen LogP contribution >= 0.6 is 15.9 Å². The van der Waals surface area contributed by atoms with Gasteiger partial charge in [-0.05, 0) is 27.8 Å². The Morgan fingerprint density at radius 2 is 2.08 bits per heavy atom. The number of hydrogen-bond donors (Lipinski definition) is 0. The van der Waals surface area contributed by atoms with Gasteiger partial charge in [-0.15, -0.1) is 0 Å². The van der Waals surface area contributed by atoms with Crippen molar-refractivity contribution in [2.45, 2.75) is 27.2 Å². The topological polar surface area (TPSA) is 17.8 Å². The summed E-state index contributed by atoms with van der Waals surface area (Å²) in [5, 5.41) is 0. The highest BCUT2D eigenvalue weighted by Gasteiger charge is 2.14. The summed E-state index contributed by atoms with van der Waals surface area (Å²) in [6.45, 7) is 6.69. The van der Waals surface area contributed by atoms with Crippen LogP contribution in [0.15, 0.2) is 10.9 Å². The standard InChI is InChI=1S/C9H15BrN2/c1-9(2,3)5-7-6-11-8(10)12(7)4/h6H,5H2,1-4H3. The summed E-state index contributed by atoms with van der Waals surface area (Å²) >= 11 is 3.38. The van der Waals surface area contributed by atoms with Crippen molar-refractivity contribution < 1.29 is 0 Å². The van der Waals surface area contributed by atoms with Crippen molar-refractivity contribution in [1.82, 2.24) is 9.55 Å². The first-order valence-corrected chi connectivity index (χ1v) is 4.85. The van der Waals surface area contributed by atoms with Crippen LogP contribution in [0.25, 0.3) is 0 Å². The molecule has 0 unspecified atom stereocenters. The molecule has 0 radical (unpaired) electrons. The normalized spacial score (nSPS) is 12.1. The Balaban J connectivity index is 2.83. The number of nitrogens with zero attached hydrogens (tertiary/aromatic N) is 2. The van der Waals surface area contributed by atoms with E-state index < -0.39 is 0 Å². The monoisotopic (exact) mass is 230 g/mol. The quantitative estimate of drug-likeness (QED) is 0.726. The number of rotatable bonds is 1. The molecule has 0 saturated carbocycles. The summed E-state index contributed by atoms with van der Waals surface area (Å²) < 4.78 is 2.98. The van der Waals surface area contributed by atoms with Crippen molar-refractivity contribution in [2.75, 3.05) is 0 Å². The fourth-order valence-electron chi connectivity index (χ4n) is 1.13. The Bertz CT molecular complexity index is 271. The lowest BCUT2D eigenvalue weighted by Gasteiger charge is -2.17. The fraction of sp³-hybridized carbons (Fsp3) is 0.667. The second kappa shape index (κ2) is 3.21. The molecule has 68 valence electrons. The number of halogens is 1. The van der Waals surface area contributed by atoms with Gasteiger partial charge >= 0.3 is 0 Å². The minimum atomic E-state index is 0.327. The van der Waals surface area contributed by atoms with Crippen LogP contribution in [0.2, 0.25) is 0 Å². The zero-order valence-electron chi connectivity index (χ0n) is 8.06. The van der Waals surface area contributed by atoms with Crippen LogP contribution in [0.5, 0.6) is 0 Å². The van der Waals surface area contributed by atoms with Crippen LogP contribution in [0, 0.1) is 5.41 Å². The number of imidazole rings is 1. The molecule has 1 aromatic rings. The highest BCUT2D eigenvalue weighted by atomic mass is 79.9. The van der Waals surface area contributed by atoms with Crippen molar-refractivity contribution in [1.29, 1.82) is 0 Å². The van der Waals surface area contributed by atoms with Gasteiger partial charge in [0.15, 0.2) is 4.73 Å². The fourth-order valence-corrected chi connectivity index (χ4v) is 1.46. The second-order valence-electron chi connectivity index (χ2n) is 4.32. The lowest BCUT2D eigenvalue weighted by atomic mass is 9.91. The van der Waals surface area contributed by atoms with E-state index in [1.807, 2.05) is 13.2 Å². The summed E-state index contributed by atoms with van der Waals surface area (Å²) in [5.74, 6) is 0. The van der Waals surface area contributed by atoms with E-state index in [1.54, 1.807) is 0 Å². The molecular formula is C9H15BrN2. The smallest absolute Gasteiger partial charge is 0.177 e. The van der Waals surface area contributed by atoms with Gasteiger partial charge < -0.3 is 4.57 Å². The molecule has 0 fully saturated rings. The molecule has 0 aliphatic carbocycles. The van der Waals surface area contributed by atoms with Gasteiger partial charge in [0, 0.05) is 18.9 Å². The lowest BCUT2D eigenvalue weighted by Crippen LogP contribution is -2.11. The predicted molar refractivity (Wildman–Crippen MR) is 54.1 cm³/mol. The van der Waals surface area contributed by atoms with Gasteiger partial charge in [-0.3, -0.25) is 0 Å². The van der Waals surface area contributed by atoms with Crippen molar-refractivity contribution in [3.8, 4) is 0 Å². The molecule has 0 aliphatic rings. The van der Waals surface area contributed by atoms with E-state index in [1.165, 1.54) is 5.69 Å². The molecule has 0 N–H and O–H groups in total. The molecule has 0 atom stereocenters. The molecule has 0 saturated heterocycles. The van der Waals surface area contributed by atoms with E-state index in [9.17, 15) is 0 Å². The SMILES string of the molecule is Cn1c(CC(C)(C)C)cnc1Br. The minimum Gasteiger partial charge on any atom is -0.326 e. The molecule has 12 heavy (non-hydrogen) atoms. The molecule has 0 aliphatic heterocycles. The summed E-state index contributed by atoms with van der Waals surface area (Å²) in [6.07, 6.45) is 2.98. The molecule has 1 heterocycles. The van der Waals surface area contributed by atoms with E-state index in [2.05, 4.69) is 46.3 Å². The summed E-state index contributed by atoms with van der Waals surface area (Å²) in [7, 11) is 2.03. The molecule has 1 rings (SSSR count). The molecule has 1 aromatic heterocycles. The number of hydrogen-bond acceptors (Lipinski definition) is 1. The van der Waals surface area contributed by atoms with Crippen LogP contribution in [-0.2, 0) is 13.5 Å². The molecule has 3 heteroatoms. The Labute approximate surface area is 82.1 Å². The largest absolute Gasteiger partial charge is 0.326 e. The van der Waals surface area contributed by atoms with Gasteiger partial charge in [0.1, 0.15) is 0 Å². The maximum absolute atomic E-state index is 4.18. The summed E-state index contributed by atoms with van der Waals surface area (Å²) in [5.41, 5.74) is 1.60. The molecule has 0 amide bonds. The average Bonchev–Trinajstić information content (AvgIpc) is 2.16. The van der Waals surface area contributed by atoms with Crippen molar-refractivity contribution in [2.24, 2.45) is 12.5 Å². The molecule has 0 spiro atoms. The van der Waals surface area contributed by atoms with Gasteiger partial charge in [0.25, 0.3) is 0 Å². The first-order valence-electron chi connectivity index (χ1n) is 4.06. The van der Waals surface area contributed by atoms with Crippen LogP contribution in [0.3, 0.4) is 0 Å². The predicted octanol–water partition coefficient (Wildman–Crippen LogP) is 2.77. The third-order valence-electron chi connectivity index (χ3n) is 1.74. The van der Waals surface area contributed by atoms with Crippen LogP contribution < -0.4 is 0 Å². The van der Waals surface area contributed by atoms with Gasteiger partial charge in [0.2, 0.25) is 0 Å². The highest BCUT2D eigenvalue weighted by Crippen LogP contribution is 2.21. The van der Waals surface area contributed by atoms with Gasteiger partial charge in [-0.25, -0.2) is 4.98 Å². The van der Waals surface area contributed by atoms with Gasteiger partial charge in [-0.2, -0.15) is 0 Å². The Hall–Kier alpha value is -0.310. The zero-order valence-corrected chi connectivity index (χ0v) is 9.64. The molecule has 0 aromatic carbocycles. The maximum atomic E-state index is 4.18. The third kappa shape index (κ3) is 2.34. The van der Waals surface area contributed by atoms with E-state index in [4.69, 9.17) is 0 Å². The average molecular weight is 231 g/mol. The maximum Gasteiger partial charge on any atom is 0.177 e. The molecule has 2 nitrogen and oxygen atoms in total. The lowest BCUT2D eigenvalue weighted by molar-refractivity contribution is 0.401. The van der Waals surface area contributed by atoms with E-state index in [-0.39, 0.29) is 0 Å². The minimum absolute atomic E-state index is 0.327. The van der Waals surface area contributed by atoms with Crippen molar-refractivity contribution >= 4 is 15.9 Å². The first kappa shape index (κ1) is 9.78. The Kier molecular flexibility index (Phi) is 2.61. The molecular weight excluding hydrogens is 216 g/mol. The highest BCUT2D eigenvalue weighted by molar-refractivity contribution is 9.10. The van der Waals surface area contributed by atoms with Gasteiger partial charge in [-0.1, -0.05) is 20.8 Å². The van der Waals surface area contributed by atoms with E-state index in [0.717, 1.165) is 11.2 Å².